The number of aryl methyl sites for hydroxylation is 1. The molecule has 0 N–H and O–H groups in total. The molecule has 1 aromatic rings. The average molecular weight is 318 g/mol. The fraction of sp³-hybridized carbons (Fsp3) is 0.619. The average Bonchev–Trinajstić information content (AvgIpc) is 2.55. The van der Waals surface area contributed by atoms with E-state index in [1.807, 2.05) is 0 Å². The van der Waals surface area contributed by atoms with Gasteiger partial charge in [-0.2, -0.15) is 0 Å². The molecule has 0 aliphatic heterocycles. The van der Waals surface area contributed by atoms with Gasteiger partial charge in [-0.15, -0.1) is 6.58 Å². The number of hydrogen-bond donors (Lipinski definition) is 0. The number of allylic oxidation sites excluding steroid dienone is 1. The molecular weight excluding hydrogens is 290 g/mol. The maximum atomic E-state index is 14.5. The Morgan fingerprint density at radius 3 is 2.22 bits per heavy atom. The van der Waals surface area contributed by atoms with Gasteiger partial charge in [0.1, 0.15) is 0 Å². The van der Waals surface area contributed by atoms with Gasteiger partial charge in [-0.25, -0.2) is 8.78 Å². The minimum absolute atomic E-state index is 0.00477. The SMILES string of the molecule is C=CC1CCC(C2CCC(c3ccc(C)cc3)CC2)C(F)(F)C1. The van der Waals surface area contributed by atoms with E-state index < -0.39 is 11.8 Å². The summed E-state index contributed by atoms with van der Waals surface area (Å²) in [7, 11) is 0. The minimum Gasteiger partial charge on any atom is -0.207 e. The fourth-order valence-electron chi connectivity index (χ4n) is 4.68. The molecule has 3 rings (SSSR count). The summed E-state index contributed by atoms with van der Waals surface area (Å²) in [5, 5.41) is 0. The third-order valence-electron chi connectivity index (χ3n) is 6.15. The first-order valence-electron chi connectivity index (χ1n) is 9.06. The Hall–Kier alpha value is -1.18. The maximum Gasteiger partial charge on any atom is 0.251 e. The molecule has 2 saturated carbocycles. The molecule has 0 nitrogen and oxygen atoms in total. The number of halogens is 2. The number of alkyl halides is 2. The summed E-state index contributed by atoms with van der Waals surface area (Å²) in [6, 6.07) is 8.74. The summed E-state index contributed by atoms with van der Waals surface area (Å²) in [5.74, 6) is -2.14. The summed E-state index contributed by atoms with van der Waals surface area (Å²) in [6.45, 7) is 5.80. The minimum atomic E-state index is -2.50. The van der Waals surface area contributed by atoms with Crippen molar-refractivity contribution in [2.75, 3.05) is 0 Å². The van der Waals surface area contributed by atoms with Crippen LogP contribution in [0.3, 0.4) is 0 Å². The molecule has 126 valence electrons. The molecule has 0 aromatic heterocycles. The first-order valence-corrected chi connectivity index (χ1v) is 9.06. The smallest absolute Gasteiger partial charge is 0.207 e. The van der Waals surface area contributed by atoms with Crippen LogP contribution in [0.5, 0.6) is 0 Å². The lowest BCUT2D eigenvalue weighted by Crippen LogP contribution is -2.40. The molecule has 2 unspecified atom stereocenters. The molecule has 2 aliphatic rings. The fourth-order valence-corrected chi connectivity index (χ4v) is 4.68. The lowest BCUT2D eigenvalue weighted by molar-refractivity contribution is -0.121. The Morgan fingerprint density at radius 1 is 1.00 bits per heavy atom. The van der Waals surface area contributed by atoms with Gasteiger partial charge >= 0.3 is 0 Å². The molecule has 2 fully saturated rings. The zero-order valence-corrected chi connectivity index (χ0v) is 14.1. The Morgan fingerprint density at radius 2 is 1.65 bits per heavy atom. The van der Waals surface area contributed by atoms with Crippen molar-refractivity contribution >= 4 is 0 Å². The monoisotopic (exact) mass is 318 g/mol. The molecule has 0 saturated heterocycles. The van der Waals surface area contributed by atoms with Crippen LogP contribution in [-0.4, -0.2) is 5.92 Å². The number of rotatable bonds is 3. The summed E-state index contributed by atoms with van der Waals surface area (Å²) < 4.78 is 29.0. The van der Waals surface area contributed by atoms with Crippen LogP contribution in [0.25, 0.3) is 0 Å². The van der Waals surface area contributed by atoms with Crippen molar-refractivity contribution < 1.29 is 8.78 Å². The van der Waals surface area contributed by atoms with E-state index in [0.717, 1.165) is 32.1 Å². The van der Waals surface area contributed by atoms with E-state index >= 15 is 0 Å². The molecular formula is C21H28F2. The topological polar surface area (TPSA) is 0 Å². The van der Waals surface area contributed by atoms with E-state index in [0.29, 0.717) is 12.3 Å². The van der Waals surface area contributed by atoms with Gasteiger partial charge < -0.3 is 0 Å². The van der Waals surface area contributed by atoms with Crippen molar-refractivity contribution in [2.45, 2.75) is 63.7 Å². The number of hydrogen-bond acceptors (Lipinski definition) is 0. The van der Waals surface area contributed by atoms with Crippen LogP contribution in [0.2, 0.25) is 0 Å². The standard InChI is InChI=1S/C21H28F2/c1-3-16-6-13-20(21(22,23)14-16)19-11-9-18(10-12-19)17-7-4-15(2)5-8-17/h3-5,7-8,16,18-20H,1,6,9-14H2,2H3. The van der Waals surface area contributed by atoms with Crippen molar-refractivity contribution in [1.82, 2.24) is 0 Å². The van der Waals surface area contributed by atoms with Crippen LogP contribution in [0.1, 0.15) is 62.0 Å². The first-order chi connectivity index (χ1) is 11.0. The van der Waals surface area contributed by atoms with Crippen molar-refractivity contribution in [3.63, 3.8) is 0 Å². The van der Waals surface area contributed by atoms with Crippen LogP contribution in [0, 0.1) is 24.7 Å². The molecule has 2 aliphatic carbocycles. The van der Waals surface area contributed by atoms with Crippen molar-refractivity contribution in [3.05, 3.63) is 48.0 Å². The van der Waals surface area contributed by atoms with Gasteiger partial charge in [-0.3, -0.25) is 0 Å². The molecule has 2 atom stereocenters. The lowest BCUT2D eigenvalue weighted by Gasteiger charge is -2.42. The Balaban J connectivity index is 1.60. The van der Waals surface area contributed by atoms with Gasteiger partial charge in [0.2, 0.25) is 0 Å². The van der Waals surface area contributed by atoms with E-state index in [1.165, 1.54) is 11.1 Å². The van der Waals surface area contributed by atoms with Crippen LogP contribution >= 0.6 is 0 Å². The Bertz CT molecular complexity index is 523. The van der Waals surface area contributed by atoms with E-state index in [1.54, 1.807) is 6.08 Å². The van der Waals surface area contributed by atoms with Gasteiger partial charge in [-0.05, 0) is 68.8 Å². The van der Waals surface area contributed by atoms with Gasteiger partial charge in [0.15, 0.2) is 0 Å². The van der Waals surface area contributed by atoms with Gasteiger partial charge in [0, 0.05) is 12.3 Å². The molecule has 0 heterocycles. The first kappa shape index (κ1) is 16.7. The van der Waals surface area contributed by atoms with Crippen molar-refractivity contribution in [2.24, 2.45) is 17.8 Å². The Kier molecular flexibility index (Phi) is 4.89. The zero-order valence-electron chi connectivity index (χ0n) is 14.1. The van der Waals surface area contributed by atoms with Crippen LogP contribution < -0.4 is 0 Å². The second-order valence-electron chi connectivity index (χ2n) is 7.67. The highest BCUT2D eigenvalue weighted by atomic mass is 19.3. The highest BCUT2D eigenvalue weighted by molar-refractivity contribution is 5.24. The molecule has 0 bridgehead atoms. The van der Waals surface area contributed by atoms with Gasteiger partial charge in [-0.1, -0.05) is 35.9 Å². The van der Waals surface area contributed by atoms with Gasteiger partial charge in [0.25, 0.3) is 5.92 Å². The maximum absolute atomic E-state index is 14.5. The molecule has 2 heteroatoms. The second kappa shape index (κ2) is 6.75. The third-order valence-corrected chi connectivity index (χ3v) is 6.15. The van der Waals surface area contributed by atoms with Crippen LogP contribution in [-0.2, 0) is 0 Å². The summed E-state index contributed by atoms with van der Waals surface area (Å²) in [5.41, 5.74) is 2.66. The van der Waals surface area contributed by atoms with Crippen molar-refractivity contribution in [3.8, 4) is 0 Å². The quantitative estimate of drug-likeness (QED) is 0.557. The molecule has 0 amide bonds. The van der Waals surface area contributed by atoms with Crippen LogP contribution in [0.15, 0.2) is 36.9 Å². The van der Waals surface area contributed by atoms with Crippen LogP contribution in [0.4, 0.5) is 8.78 Å². The third kappa shape index (κ3) is 3.67. The lowest BCUT2D eigenvalue weighted by atomic mass is 9.66. The molecule has 0 radical (unpaired) electrons. The van der Waals surface area contributed by atoms with E-state index in [-0.39, 0.29) is 18.3 Å². The predicted octanol–water partition coefficient (Wildman–Crippen LogP) is 6.51. The predicted molar refractivity (Wildman–Crippen MR) is 91.9 cm³/mol. The van der Waals surface area contributed by atoms with E-state index in [4.69, 9.17) is 0 Å². The van der Waals surface area contributed by atoms with Crippen molar-refractivity contribution in [1.29, 1.82) is 0 Å². The highest BCUT2D eigenvalue weighted by Gasteiger charge is 2.48. The second-order valence-corrected chi connectivity index (χ2v) is 7.67. The zero-order chi connectivity index (χ0) is 16.4. The molecule has 23 heavy (non-hydrogen) atoms. The highest BCUT2D eigenvalue weighted by Crippen LogP contribution is 2.50. The van der Waals surface area contributed by atoms with E-state index in [2.05, 4.69) is 37.8 Å². The summed E-state index contributed by atoms with van der Waals surface area (Å²) in [6.07, 6.45) is 7.33. The molecule has 1 aromatic carbocycles. The molecule has 0 spiro atoms. The number of benzene rings is 1. The van der Waals surface area contributed by atoms with E-state index in [9.17, 15) is 8.78 Å². The Labute approximate surface area is 139 Å². The summed E-state index contributed by atoms with van der Waals surface area (Å²) in [4.78, 5) is 0. The largest absolute Gasteiger partial charge is 0.251 e. The normalized spacial score (nSPS) is 34.0. The summed E-state index contributed by atoms with van der Waals surface area (Å²) >= 11 is 0. The van der Waals surface area contributed by atoms with Gasteiger partial charge in [0.05, 0.1) is 0 Å².